The van der Waals surface area contributed by atoms with E-state index in [4.69, 9.17) is 9.84 Å². The molecule has 1 N–H and O–H groups in total. The summed E-state index contributed by atoms with van der Waals surface area (Å²) in [5, 5.41) is 8.98. The van der Waals surface area contributed by atoms with Crippen molar-refractivity contribution in [3.05, 3.63) is 62.5 Å². The predicted molar refractivity (Wildman–Crippen MR) is 89.1 cm³/mol. The molecule has 2 aromatic carbocycles. The Labute approximate surface area is 140 Å². The minimum Gasteiger partial charge on any atom is -0.491 e. The zero-order chi connectivity index (χ0) is 15.2. The van der Waals surface area contributed by atoms with E-state index in [1.807, 2.05) is 18.2 Å². The highest BCUT2D eigenvalue weighted by atomic mass is 79.9. The number of hydrogen-bond donors (Lipinski definition) is 1. The van der Waals surface area contributed by atoms with Crippen LogP contribution in [0.1, 0.15) is 22.3 Å². The summed E-state index contributed by atoms with van der Waals surface area (Å²) in [4.78, 5) is 11.0. The van der Waals surface area contributed by atoms with E-state index in [1.54, 1.807) is 12.1 Å². The summed E-state index contributed by atoms with van der Waals surface area (Å²) in [6.07, 6.45) is 1.84. The number of aryl methyl sites for hydroxylation is 1. The molecule has 0 heterocycles. The standard InChI is InChI=1S/C16H14Br2O3/c17-13-9-12(16(19)20)10-14(18)15(13)21-8-4-7-11-5-2-1-3-6-11/h1-3,5-6,9-10H,4,7-8H2,(H,19,20). The SMILES string of the molecule is O=C(O)c1cc(Br)c(OCCCc2ccccc2)c(Br)c1. The second-order valence-electron chi connectivity index (χ2n) is 4.51. The van der Waals surface area contributed by atoms with Crippen LogP contribution in [0.5, 0.6) is 5.75 Å². The van der Waals surface area contributed by atoms with Gasteiger partial charge in [-0.3, -0.25) is 0 Å². The Kier molecular flexibility index (Phi) is 5.82. The number of carboxylic acid groups (broad SMARTS) is 1. The third-order valence-corrected chi connectivity index (χ3v) is 4.12. The number of carbonyl (C=O) groups is 1. The van der Waals surface area contributed by atoms with Gasteiger partial charge < -0.3 is 9.84 Å². The average Bonchev–Trinajstić information content (AvgIpc) is 2.46. The number of rotatable bonds is 6. The minimum atomic E-state index is -0.966. The van der Waals surface area contributed by atoms with Gasteiger partial charge in [-0.1, -0.05) is 30.3 Å². The molecule has 0 bridgehead atoms. The zero-order valence-electron chi connectivity index (χ0n) is 11.2. The first kappa shape index (κ1) is 16.0. The Morgan fingerprint density at radius 2 is 1.71 bits per heavy atom. The molecular formula is C16H14Br2O3. The van der Waals surface area contributed by atoms with E-state index in [0.29, 0.717) is 21.3 Å². The van der Waals surface area contributed by atoms with Crippen LogP contribution in [0, 0.1) is 0 Å². The second-order valence-corrected chi connectivity index (χ2v) is 6.22. The Bertz CT molecular complexity index is 604. The van der Waals surface area contributed by atoms with E-state index in [1.165, 1.54) is 5.56 Å². The third-order valence-electron chi connectivity index (χ3n) is 2.94. The van der Waals surface area contributed by atoms with Gasteiger partial charge in [0, 0.05) is 0 Å². The van der Waals surface area contributed by atoms with E-state index in [9.17, 15) is 4.79 Å². The highest BCUT2D eigenvalue weighted by Crippen LogP contribution is 2.34. The van der Waals surface area contributed by atoms with Gasteiger partial charge in [0.2, 0.25) is 0 Å². The van der Waals surface area contributed by atoms with Crippen molar-refractivity contribution in [2.45, 2.75) is 12.8 Å². The summed E-state index contributed by atoms with van der Waals surface area (Å²) >= 11 is 6.69. The van der Waals surface area contributed by atoms with Gasteiger partial charge in [0.05, 0.1) is 21.1 Å². The monoisotopic (exact) mass is 412 g/mol. The molecule has 0 aromatic heterocycles. The second kappa shape index (κ2) is 7.61. The van der Waals surface area contributed by atoms with Crippen LogP contribution in [-0.2, 0) is 6.42 Å². The topological polar surface area (TPSA) is 46.5 Å². The molecule has 2 aromatic rings. The fourth-order valence-electron chi connectivity index (χ4n) is 1.92. The van der Waals surface area contributed by atoms with Gasteiger partial charge in [0.25, 0.3) is 0 Å². The fraction of sp³-hybridized carbons (Fsp3) is 0.188. The summed E-state index contributed by atoms with van der Waals surface area (Å²) in [7, 11) is 0. The average molecular weight is 414 g/mol. The van der Waals surface area contributed by atoms with Crippen LogP contribution in [0.15, 0.2) is 51.4 Å². The van der Waals surface area contributed by atoms with Crippen molar-refractivity contribution in [2.75, 3.05) is 6.61 Å². The lowest BCUT2D eigenvalue weighted by molar-refractivity contribution is 0.0696. The van der Waals surface area contributed by atoms with Gasteiger partial charge in [-0.15, -0.1) is 0 Å². The number of aromatic carboxylic acids is 1. The molecule has 0 aliphatic rings. The minimum absolute atomic E-state index is 0.213. The van der Waals surface area contributed by atoms with Crippen LogP contribution >= 0.6 is 31.9 Å². The molecule has 0 unspecified atom stereocenters. The van der Waals surface area contributed by atoms with E-state index in [2.05, 4.69) is 44.0 Å². The molecule has 0 amide bonds. The maximum Gasteiger partial charge on any atom is 0.335 e. The Morgan fingerprint density at radius 3 is 2.29 bits per heavy atom. The fourth-order valence-corrected chi connectivity index (χ4v) is 3.33. The van der Waals surface area contributed by atoms with Gasteiger partial charge in [-0.25, -0.2) is 4.79 Å². The van der Waals surface area contributed by atoms with Gasteiger partial charge in [-0.2, -0.15) is 0 Å². The molecule has 0 aliphatic carbocycles. The van der Waals surface area contributed by atoms with Gasteiger partial charge >= 0.3 is 5.97 Å². The number of ether oxygens (including phenoxy) is 1. The van der Waals surface area contributed by atoms with E-state index >= 15 is 0 Å². The maximum atomic E-state index is 11.0. The van der Waals surface area contributed by atoms with Crippen LogP contribution < -0.4 is 4.74 Å². The molecule has 3 nitrogen and oxygen atoms in total. The summed E-state index contributed by atoms with van der Waals surface area (Å²) in [5.41, 5.74) is 1.49. The molecule has 0 atom stereocenters. The number of halogens is 2. The lowest BCUT2D eigenvalue weighted by Gasteiger charge is -2.11. The van der Waals surface area contributed by atoms with Crippen molar-refractivity contribution >= 4 is 37.8 Å². The Morgan fingerprint density at radius 1 is 1.10 bits per heavy atom. The highest BCUT2D eigenvalue weighted by molar-refractivity contribution is 9.11. The summed E-state index contributed by atoms with van der Waals surface area (Å²) in [6.45, 7) is 0.568. The van der Waals surface area contributed by atoms with Gasteiger partial charge in [-0.05, 0) is 62.4 Å². The van der Waals surface area contributed by atoms with Crippen molar-refractivity contribution in [1.82, 2.24) is 0 Å². The molecule has 110 valence electrons. The lowest BCUT2D eigenvalue weighted by atomic mass is 10.1. The Hall–Kier alpha value is -1.33. The molecule has 0 saturated carbocycles. The maximum absolute atomic E-state index is 11.0. The van der Waals surface area contributed by atoms with Crippen LogP contribution in [0.25, 0.3) is 0 Å². The van der Waals surface area contributed by atoms with Crippen LogP contribution in [0.2, 0.25) is 0 Å². The van der Waals surface area contributed by atoms with E-state index < -0.39 is 5.97 Å². The molecule has 0 radical (unpaired) electrons. The summed E-state index contributed by atoms with van der Waals surface area (Å²) in [5.74, 6) is -0.333. The quantitative estimate of drug-likeness (QED) is 0.683. The number of carboxylic acids is 1. The molecule has 0 spiro atoms. The van der Waals surface area contributed by atoms with Crippen LogP contribution in [0.3, 0.4) is 0 Å². The van der Waals surface area contributed by atoms with E-state index in [0.717, 1.165) is 12.8 Å². The predicted octanol–water partition coefficient (Wildman–Crippen LogP) is 4.92. The van der Waals surface area contributed by atoms with Crippen molar-refractivity contribution < 1.29 is 14.6 Å². The van der Waals surface area contributed by atoms with Gasteiger partial charge in [0.15, 0.2) is 0 Å². The molecule has 5 heteroatoms. The number of hydrogen-bond acceptors (Lipinski definition) is 2. The lowest BCUT2D eigenvalue weighted by Crippen LogP contribution is -2.02. The molecule has 2 rings (SSSR count). The summed E-state index contributed by atoms with van der Waals surface area (Å²) < 4.78 is 7.00. The Balaban J connectivity index is 1.93. The molecular weight excluding hydrogens is 400 g/mol. The zero-order valence-corrected chi connectivity index (χ0v) is 14.4. The molecule has 0 aliphatic heterocycles. The molecule has 21 heavy (non-hydrogen) atoms. The number of benzene rings is 2. The van der Waals surface area contributed by atoms with Crippen molar-refractivity contribution in [2.24, 2.45) is 0 Å². The van der Waals surface area contributed by atoms with E-state index in [-0.39, 0.29) is 5.56 Å². The normalized spacial score (nSPS) is 10.4. The molecule has 0 saturated heterocycles. The smallest absolute Gasteiger partial charge is 0.335 e. The largest absolute Gasteiger partial charge is 0.491 e. The van der Waals surface area contributed by atoms with Crippen molar-refractivity contribution in [3.8, 4) is 5.75 Å². The van der Waals surface area contributed by atoms with Crippen molar-refractivity contribution in [1.29, 1.82) is 0 Å². The first-order valence-corrected chi connectivity index (χ1v) is 8.05. The van der Waals surface area contributed by atoms with Crippen LogP contribution in [-0.4, -0.2) is 17.7 Å². The molecule has 0 fully saturated rings. The van der Waals surface area contributed by atoms with Gasteiger partial charge in [0.1, 0.15) is 5.75 Å². The highest BCUT2D eigenvalue weighted by Gasteiger charge is 2.12. The van der Waals surface area contributed by atoms with Crippen molar-refractivity contribution in [3.63, 3.8) is 0 Å². The first-order valence-electron chi connectivity index (χ1n) is 6.47. The first-order chi connectivity index (χ1) is 10.1. The third kappa shape index (κ3) is 4.58. The summed E-state index contributed by atoms with van der Waals surface area (Å²) in [6, 6.07) is 13.3. The van der Waals surface area contributed by atoms with Crippen LogP contribution in [0.4, 0.5) is 0 Å².